The van der Waals surface area contributed by atoms with E-state index in [9.17, 15) is 29.4 Å². The third kappa shape index (κ3) is 5.31. The summed E-state index contributed by atoms with van der Waals surface area (Å²) in [5.74, 6) is -2.74. The van der Waals surface area contributed by atoms with Gasteiger partial charge in [0.2, 0.25) is 11.8 Å². The lowest BCUT2D eigenvalue weighted by atomic mass is 9.85. The predicted molar refractivity (Wildman–Crippen MR) is 118 cm³/mol. The summed E-state index contributed by atoms with van der Waals surface area (Å²) >= 11 is 0. The summed E-state index contributed by atoms with van der Waals surface area (Å²) in [4.78, 5) is 52.0. The molecule has 1 heterocycles. The number of nitrogens with zero attached hydrogens (tertiary/aromatic N) is 1. The molecule has 3 aliphatic rings. The molecule has 0 aromatic heterocycles. The summed E-state index contributed by atoms with van der Waals surface area (Å²) in [5.41, 5.74) is -2.14. The number of nitrogens with one attached hydrogen (secondary N) is 2. The lowest BCUT2D eigenvalue weighted by Crippen LogP contribution is -2.59. The van der Waals surface area contributed by atoms with Crippen molar-refractivity contribution in [3.8, 4) is 0 Å². The van der Waals surface area contributed by atoms with Crippen LogP contribution in [0.5, 0.6) is 0 Å². The number of ether oxygens (including phenoxy) is 1. The second-order valence-electron chi connectivity index (χ2n) is 10.5. The molecule has 0 bridgehead atoms. The molecule has 10 heteroatoms. The Balaban J connectivity index is 1.73. The standard InChI is InChI=1S/C23H35N3O7/c1-5-13-11-23(13,20(30)31)25-18(28)16-10-14(27)12-26(16)19(29)17(22(2,3)4)24-21(32)33-15-8-6-7-9-15/h5,13-17,27H,1,6-12H2,2-4H3,(H,24,32)(H,25,28)(H,30,31). The number of amides is 3. The van der Waals surface area contributed by atoms with Crippen LogP contribution >= 0.6 is 0 Å². The molecule has 0 aromatic rings. The second kappa shape index (κ2) is 9.32. The number of carbonyl (C=O) groups excluding carboxylic acids is 3. The number of aliphatic hydroxyl groups excluding tert-OH is 1. The largest absolute Gasteiger partial charge is 0.479 e. The van der Waals surface area contributed by atoms with Gasteiger partial charge in [0.25, 0.3) is 0 Å². The van der Waals surface area contributed by atoms with Crippen molar-refractivity contribution in [3.63, 3.8) is 0 Å². The van der Waals surface area contributed by atoms with Gasteiger partial charge in [-0.1, -0.05) is 26.8 Å². The summed E-state index contributed by atoms with van der Waals surface area (Å²) < 4.78 is 5.45. The summed E-state index contributed by atoms with van der Waals surface area (Å²) in [6, 6.07) is -2.05. The molecule has 184 valence electrons. The number of aliphatic carboxylic acids is 1. The van der Waals surface area contributed by atoms with Crippen molar-refractivity contribution in [1.82, 2.24) is 15.5 Å². The second-order valence-corrected chi connectivity index (χ2v) is 10.5. The van der Waals surface area contributed by atoms with Crippen molar-refractivity contribution in [3.05, 3.63) is 12.7 Å². The number of carboxylic acids is 1. The highest BCUT2D eigenvalue weighted by Crippen LogP contribution is 2.45. The molecule has 0 spiro atoms. The van der Waals surface area contributed by atoms with Crippen molar-refractivity contribution >= 4 is 23.9 Å². The van der Waals surface area contributed by atoms with Crippen LogP contribution in [0.15, 0.2) is 12.7 Å². The SMILES string of the molecule is C=CC1CC1(NC(=O)C1CC(O)CN1C(=O)C(NC(=O)OC1CCCC1)C(C)(C)C)C(=O)O. The maximum absolute atomic E-state index is 13.5. The molecular formula is C23H35N3O7. The monoisotopic (exact) mass is 465 g/mol. The van der Waals surface area contributed by atoms with Crippen molar-refractivity contribution in [2.75, 3.05) is 6.54 Å². The van der Waals surface area contributed by atoms with Crippen LogP contribution in [0.3, 0.4) is 0 Å². The molecule has 3 rings (SSSR count). The molecular weight excluding hydrogens is 430 g/mol. The maximum Gasteiger partial charge on any atom is 0.408 e. The molecule has 5 atom stereocenters. The number of rotatable bonds is 7. The summed E-state index contributed by atoms with van der Waals surface area (Å²) in [7, 11) is 0. The van der Waals surface area contributed by atoms with Crippen LogP contribution in [0.25, 0.3) is 0 Å². The highest BCUT2D eigenvalue weighted by atomic mass is 16.6. The van der Waals surface area contributed by atoms with Crippen LogP contribution in [-0.2, 0) is 19.1 Å². The van der Waals surface area contributed by atoms with Crippen molar-refractivity contribution < 1.29 is 34.1 Å². The molecule has 0 aromatic carbocycles. The van der Waals surface area contributed by atoms with Gasteiger partial charge >= 0.3 is 12.1 Å². The summed E-state index contributed by atoms with van der Waals surface area (Å²) in [6.45, 7) is 8.86. The number of carbonyl (C=O) groups is 4. The number of aliphatic hydroxyl groups is 1. The van der Waals surface area contributed by atoms with E-state index in [1.54, 1.807) is 20.8 Å². The third-order valence-electron chi connectivity index (χ3n) is 6.84. The number of likely N-dealkylation sites (tertiary alicyclic amines) is 1. The molecule has 3 amide bonds. The van der Waals surface area contributed by atoms with Crippen molar-refractivity contribution in [2.45, 2.75) is 89.1 Å². The Morgan fingerprint density at radius 2 is 1.85 bits per heavy atom. The van der Waals surface area contributed by atoms with Crippen LogP contribution in [0.1, 0.15) is 59.3 Å². The lowest BCUT2D eigenvalue weighted by molar-refractivity contribution is -0.146. The van der Waals surface area contributed by atoms with Crippen LogP contribution < -0.4 is 10.6 Å². The van der Waals surface area contributed by atoms with E-state index in [1.807, 2.05) is 0 Å². The molecule has 10 nitrogen and oxygen atoms in total. The lowest BCUT2D eigenvalue weighted by Gasteiger charge is -2.35. The van der Waals surface area contributed by atoms with E-state index >= 15 is 0 Å². The van der Waals surface area contributed by atoms with Gasteiger partial charge in [-0.2, -0.15) is 0 Å². The fourth-order valence-electron chi connectivity index (χ4n) is 4.75. The van der Waals surface area contributed by atoms with Crippen LogP contribution in [-0.4, -0.2) is 75.4 Å². The number of carboxylic acid groups (broad SMARTS) is 1. The topological polar surface area (TPSA) is 145 Å². The Hall–Kier alpha value is -2.62. The fourth-order valence-corrected chi connectivity index (χ4v) is 4.75. The van der Waals surface area contributed by atoms with Gasteiger partial charge in [-0.3, -0.25) is 9.59 Å². The highest BCUT2D eigenvalue weighted by Gasteiger charge is 2.61. The van der Waals surface area contributed by atoms with Gasteiger partial charge in [-0.05, 0) is 37.5 Å². The minimum absolute atomic E-state index is 0.0184. The molecule has 3 fully saturated rings. The molecule has 1 saturated heterocycles. The minimum atomic E-state index is -1.44. The van der Waals surface area contributed by atoms with E-state index in [0.717, 1.165) is 25.7 Å². The summed E-state index contributed by atoms with van der Waals surface area (Å²) in [5, 5.41) is 25.0. The Bertz CT molecular complexity index is 817. The van der Waals surface area contributed by atoms with Crippen LogP contribution in [0, 0.1) is 11.3 Å². The predicted octanol–water partition coefficient (Wildman–Crippen LogP) is 1.18. The van der Waals surface area contributed by atoms with E-state index in [2.05, 4.69) is 17.2 Å². The quantitative estimate of drug-likeness (QED) is 0.413. The summed E-state index contributed by atoms with van der Waals surface area (Å²) in [6.07, 6.45) is 3.46. The fraction of sp³-hybridized carbons (Fsp3) is 0.739. The zero-order valence-corrected chi connectivity index (χ0v) is 19.5. The van der Waals surface area contributed by atoms with E-state index in [0.29, 0.717) is 0 Å². The normalized spacial score (nSPS) is 30.4. The Kier molecular flexibility index (Phi) is 7.07. The third-order valence-corrected chi connectivity index (χ3v) is 6.84. The van der Waals surface area contributed by atoms with Gasteiger partial charge in [0, 0.05) is 18.9 Å². The van der Waals surface area contributed by atoms with Gasteiger partial charge in [0.15, 0.2) is 0 Å². The Labute approximate surface area is 193 Å². The molecule has 4 N–H and O–H groups in total. The average molecular weight is 466 g/mol. The van der Waals surface area contributed by atoms with E-state index < -0.39 is 58.9 Å². The van der Waals surface area contributed by atoms with E-state index in [1.165, 1.54) is 11.0 Å². The Morgan fingerprint density at radius 3 is 2.36 bits per heavy atom. The first kappa shape index (κ1) is 25.0. The maximum atomic E-state index is 13.5. The number of alkyl carbamates (subject to hydrolysis) is 1. The molecule has 33 heavy (non-hydrogen) atoms. The first-order valence-electron chi connectivity index (χ1n) is 11.5. The van der Waals surface area contributed by atoms with E-state index in [4.69, 9.17) is 4.74 Å². The van der Waals surface area contributed by atoms with Gasteiger partial charge in [-0.15, -0.1) is 6.58 Å². The van der Waals surface area contributed by atoms with Crippen LogP contribution in [0.4, 0.5) is 4.79 Å². The van der Waals surface area contributed by atoms with Crippen molar-refractivity contribution in [1.29, 1.82) is 0 Å². The molecule has 5 unspecified atom stereocenters. The first-order chi connectivity index (χ1) is 15.4. The smallest absolute Gasteiger partial charge is 0.408 e. The number of hydrogen-bond acceptors (Lipinski definition) is 6. The molecule has 0 radical (unpaired) electrons. The van der Waals surface area contributed by atoms with Crippen LogP contribution in [0.2, 0.25) is 0 Å². The number of β-amino-alcohol motifs (C(OH)–C–C–N with tert-alkyl or cyclic N) is 1. The zero-order chi connectivity index (χ0) is 24.6. The Morgan fingerprint density at radius 1 is 1.21 bits per heavy atom. The zero-order valence-electron chi connectivity index (χ0n) is 19.5. The van der Waals surface area contributed by atoms with Gasteiger partial charge < -0.3 is 30.5 Å². The molecule has 1 aliphatic heterocycles. The first-order valence-corrected chi connectivity index (χ1v) is 11.5. The van der Waals surface area contributed by atoms with E-state index in [-0.39, 0.29) is 25.5 Å². The van der Waals surface area contributed by atoms with Gasteiger partial charge in [-0.25, -0.2) is 9.59 Å². The highest BCUT2D eigenvalue weighted by molar-refractivity contribution is 5.96. The average Bonchev–Trinajstić information content (AvgIpc) is 3.01. The number of hydrogen-bond donors (Lipinski definition) is 4. The molecule has 2 saturated carbocycles. The van der Waals surface area contributed by atoms with Gasteiger partial charge in [0.1, 0.15) is 23.7 Å². The van der Waals surface area contributed by atoms with Gasteiger partial charge in [0.05, 0.1) is 6.10 Å². The minimum Gasteiger partial charge on any atom is -0.479 e. The van der Waals surface area contributed by atoms with Crippen molar-refractivity contribution in [2.24, 2.45) is 11.3 Å². The molecule has 2 aliphatic carbocycles.